The second-order valence-corrected chi connectivity index (χ2v) is 4.37. The van der Waals surface area contributed by atoms with Gasteiger partial charge in [0, 0.05) is 24.6 Å². The van der Waals surface area contributed by atoms with Gasteiger partial charge in [-0.05, 0) is 23.8 Å². The van der Waals surface area contributed by atoms with Crippen molar-refractivity contribution in [1.82, 2.24) is 20.2 Å². The van der Waals surface area contributed by atoms with Crippen molar-refractivity contribution in [2.75, 3.05) is 10.6 Å². The van der Waals surface area contributed by atoms with E-state index in [-0.39, 0.29) is 0 Å². The lowest BCUT2D eigenvalue weighted by Crippen LogP contribution is -2.05. The molecule has 6 nitrogen and oxygen atoms in total. The monoisotopic (exact) mass is 278 g/mol. The molecular formula is C15H14N6. The van der Waals surface area contributed by atoms with Crippen molar-refractivity contribution in [2.24, 2.45) is 0 Å². The maximum absolute atomic E-state index is 4.37. The van der Waals surface area contributed by atoms with Crippen molar-refractivity contribution in [2.45, 2.75) is 6.54 Å². The molecule has 3 aromatic rings. The fourth-order valence-electron chi connectivity index (χ4n) is 1.79. The Labute approximate surface area is 122 Å². The van der Waals surface area contributed by atoms with E-state index < -0.39 is 0 Å². The van der Waals surface area contributed by atoms with E-state index in [4.69, 9.17) is 0 Å². The van der Waals surface area contributed by atoms with Crippen LogP contribution in [-0.2, 0) is 6.54 Å². The second-order valence-electron chi connectivity index (χ2n) is 4.37. The van der Waals surface area contributed by atoms with Crippen molar-refractivity contribution >= 4 is 17.5 Å². The smallest absolute Gasteiger partial charge is 0.249 e. The number of hydrogen-bond acceptors (Lipinski definition) is 6. The van der Waals surface area contributed by atoms with Crippen LogP contribution in [0.3, 0.4) is 0 Å². The van der Waals surface area contributed by atoms with Crippen LogP contribution >= 0.6 is 0 Å². The molecule has 0 atom stereocenters. The second kappa shape index (κ2) is 6.42. The van der Waals surface area contributed by atoms with Crippen LogP contribution in [0.2, 0.25) is 0 Å². The molecule has 0 unspecified atom stereocenters. The molecule has 1 aromatic carbocycles. The standard InChI is InChI=1S/C15H14N6/c1-2-6-13(7-3-1)19-15-20-14(11-18-21-15)17-10-12-5-4-8-16-9-12/h1-9,11H,10H2,(H2,17,19,20,21). The molecule has 2 aromatic heterocycles. The van der Waals surface area contributed by atoms with Gasteiger partial charge in [-0.2, -0.15) is 10.1 Å². The molecule has 0 saturated carbocycles. The fraction of sp³-hybridized carbons (Fsp3) is 0.0667. The third-order valence-corrected chi connectivity index (χ3v) is 2.79. The Morgan fingerprint density at radius 3 is 2.67 bits per heavy atom. The number of nitrogens with one attached hydrogen (secondary N) is 2. The summed E-state index contributed by atoms with van der Waals surface area (Å²) in [6, 6.07) is 13.6. The Morgan fingerprint density at radius 1 is 0.952 bits per heavy atom. The number of para-hydroxylation sites is 1. The first-order valence-corrected chi connectivity index (χ1v) is 6.55. The Bertz CT molecular complexity index is 687. The quantitative estimate of drug-likeness (QED) is 0.747. The third-order valence-electron chi connectivity index (χ3n) is 2.79. The number of benzene rings is 1. The van der Waals surface area contributed by atoms with Gasteiger partial charge in [-0.1, -0.05) is 24.3 Å². The topological polar surface area (TPSA) is 75.6 Å². The SMILES string of the molecule is c1ccc(Nc2nncc(NCc3cccnc3)n2)cc1. The maximum atomic E-state index is 4.37. The summed E-state index contributed by atoms with van der Waals surface area (Å²) in [5.74, 6) is 1.12. The Hall–Kier alpha value is -3.02. The zero-order valence-corrected chi connectivity index (χ0v) is 11.3. The van der Waals surface area contributed by atoms with Gasteiger partial charge >= 0.3 is 0 Å². The predicted octanol–water partition coefficient (Wildman–Crippen LogP) is 2.62. The van der Waals surface area contributed by atoms with Gasteiger partial charge in [-0.15, -0.1) is 5.10 Å². The number of pyridine rings is 1. The van der Waals surface area contributed by atoms with Crippen LogP contribution in [0.15, 0.2) is 61.1 Å². The molecule has 21 heavy (non-hydrogen) atoms. The molecule has 0 aliphatic carbocycles. The van der Waals surface area contributed by atoms with Crippen LogP contribution < -0.4 is 10.6 Å². The first kappa shape index (κ1) is 13.0. The summed E-state index contributed by atoms with van der Waals surface area (Å²) in [4.78, 5) is 8.44. The molecule has 0 aliphatic heterocycles. The summed E-state index contributed by atoms with van der Waals surface area (Å²) in [6.45, 7) is 0.636. The number of anilines is 3. The summed E-state index contributed by atoms with van der Waals surface area (Å²) in [5, 5.41) is 14.2. The lowest BCUT2D eigenvalue weighted by atomic mass is 10.3. The summed E-state index contributed by atoms with van der Waals surface area (Å²) < 4.78 is 0. The van der Waals surface area contributed by atoms with Crippen LogP contribution in [0.1, 0.15) is 5.56 Å². The lowest BCUT2D eigenvalue weighted by molar-refractivity contribution is 0.964. The van der Waals surface area contributed by atoms with Gasteiger partial charge < -0.3 is 10.6 Å². The lowest BCUT2D eigenvalue weighted by Gasteiger charge is -2.07. The minimum Gasteiger partial charge on any atom is -0.364 e. The zero-order valence-electron chi connectivity index (χ0n) is 11.3. The van der Waals surface area contributed by atoms with Crippen molar-refractivity contribution in [3.05, 3.63) is 66.6 Å². The minimum atomic E-state index is 0.456. The molecular weight excluding hydrogens is 264 g/mol. The highest BCUT2D eigenvalue weighted by atomic mass is 15.3. The molecule has 0 bridgehead atoms. The molecule has 3 rings (SSSR count). The normalized spacial score (nSPS) is 10.1. The fourth-order valence-corrected chi connectivity index (χ4v) is 1.79. The van der Waals surface area contributed by atoms with Gasteiger partial charge in [-0.25, -0.2) is 0 Å². The first-order chi connectivity index (χ1) is 10.4. The minimum absolute atomic E-state index is 0.456. The highest BCUT2D eigenvalue weighted by molar-refractivity contribution is 5.53. The Morgan fingerprint density at radius 2 is 1.86 bits per heavy atom. The van der Waals surface area contributed by atoms with E-state index in [9.17, 15) is 0 Å². The molecule has 2 heterocycles. The largest absolute Gasteiger partial charge is 0.364 e. The highest BCUT2D eigenvalue weighted by Gasteiger charge is 2.01. The van der Waals surface area contributed by atoms with E-state index in [0.29, 0.717) is 18.3 Å². The number of rotatable bonds is 5. The van der Waals surface area contributed by atoms with E-state index in [2.05, 4.69) is 30.8 Å². The number of aromatic nitrogens is 4. The van der Waals surface area contributed by atoms with Crippen LogP contribution in [0.5, 0.6) is 0 Å². The zero-order chi connectivity index (χ0) is 14.3. The molecule has 0 amide bonds. The Balaban J connectivity index is 1.66. The van der Waals surface area contributed by atoms with E-state index in [1.54, 1.807) is 12.4 Å². The van der Waals surface area contributed by atoms with Gasteiger partial charge in [0.25, 0.3) is 0 Å². The van der Waals surface area contributed by atoms with Crippen LogP contribution in [0.25, 0.3) is 0 Å². The van der Waals surface area contributed by atoms with Gasteiger partial charge in [0.2, 0.25) is 5.95 Å². The number of nitrogens with zero attached hydrogens (tertiary/aromatic N) is 4. The van der Waals surface area contributed by atoms with E-state index in [1.807, 2.05) is 48.7 Å². The predicted molar refractivity (Wildman–Crippen MR) is 81.1 cm³/mol. The van der Waals surface area contributed by atoms with Crippen molar-refractivity contribution in [3.63, 3.8) is 0 Å². The summed E-state index contributed by atoms with van der Waals surface area (Å²) in [6.07, 6.45) is 5.15. The van der Waals surface area contributed by atoms with Gasteiger partial charge in [-0.3, -0.25) is 4.98 Å². The molecule has 6 heteroatoms. The average Bonchev–Trinajstić information content (AvgIpc) is 2.55. The number of hydrogen-bond donors (Lipinski definition) is 2. The van der Waals surface area contributed by atoms with Crippen molar-refractivity contribution in [3.8, 4) is 0 Å². The van der Waals surface area contributed by atoms with Gasteiger partial charge in [0.05, 0.1) is 6.20 Å². The van der Waals surface area contributed by atoms with Gasteiger partial charge in [0.1, 0.15) is 0 Å². The van der Waals surface area contributed by atoms with Crippen LogP contribution in [0.4, 0.5) is 17.5 Å². The van der Waals surface area contributed by atoms with E-state index in [1.165, 1.54) is 0 Å². The summed E-state index contributed by atoms with van der Waals surface area (Å²) >= 11 is 0. The Kier molecular flexibility index (Phi) is 3.97. The summed E-state index contributed by atoms with van der Waals surface area (Å²) in [5.41, 5.74) is 2.00. The summed E-state index contributed by atoms with van der Waals surface area (Å²) in [7, 11) is 0. The molecule has 0 spiro atoms. The molecule has 0 radical (unpaired) electrons. The van der Waals surface area contributed by atoms with Gasteiger partial charge in [0.15, 0.2) is 5.82 Å². The van der Waals surface area contributed by atoms with E-state index >= 15 is 0 Å². The van der Waals surface area contributed by atoms with Crippen molar-refractivity contribution < 1.29 is 0 Å². The molecule has 0 fully saturated rings. The maximum Gasteiger partial charge on any atom is 0.249 e. The molecule has 0 aliphatic rings. The van der Waals surface area contributed by atoms with Crippen LogP contribution in [-0.4, -0.2) is 20.2 Å². The molecule has 2 N–H and O–H groups in total. The first-order valence-electron chi connectivity index (χ1n) is 6.55. The average molecular weight is 278 g/mol. The molecule has 104 valence electrons. The highest BCUT2D eigenvalue weighted by Crippen LogP contribution is 2.12. The van der Waals surface area contributed by atoms with E-state index in [0.717, 1.165) is 11.3 Å². The molecule has 0 saturated heterocycles. The van der Waals surface area contributed by atoms with Crippen molar-refractivity contribution in [1.29, 1.82) is 0 Å². The third kappa shape index (κ3) is 3.73. The van der Waals surface area contributed by atoms with Crippen LogP contribution in [0, 0.1) is 0 Å².